The van der Waals surface area contributed by atoms with Crippen LogP contribution in [0.2, 0.25) is 0 Å². The number of aryl methyl sites for hydroxylation is 1. The van der Waals surface area contributed by atoms with Crippen molar-refractivity contribution in [2.45, 2.75) is 12.5 Å². The average Bonchev–Trinajstić information content (AvgIpc) is 2.73. The van der Waals surface area contributed by atoms with Crippen LogP contribution in [0.5, 0.6) is 0 Å². The Morgan fingerprint density at radius 1 is 1.71 bits per heavy atom. The third kappa shape index (κ3) is 1.50. The number of aliphatic hydroxyl groups excluding tert-OH is 1. The summed E-state index contributed by atoms with van der Waals surface area (Å²) in [6, 6.07) is 0. The number of hydrogen-bond donors (Lipinski definition) is 1. The predicted octanol–water partition coefficient (Wildman–Crippen LogP) is -0.373. The number of nitrogens with zero attached hydrogens (tertiary/aromatic N) is 3. The molecule has 0 radical (unpaired) electrons. The molecule has 1 aromatic rings. The van der Waals surface area contributed by atoms with Crippen LogP contribution in [-0.2, 0) is 7.05 Å². The van der Waals surface area contributed by atoms with E-state index >= 15 is 0 Å². The minimum absolute atomic E-state index is 0.0541. The molecule has 0 aromatic carbocycles. The smallest absolute Gasteiger partial charge is 0.272 e. The normalized spacial score (nSPS) is 21.6. The van der Waals surface area contributed by atoms with Crippen molar-refractivity contribution >= 4 is 5.91 Å². The Hall–Kier alpha value is -1.36. The number of amides is 1. The number of aromatic nitrogens is 2. The molecule has 1 aliphatic heterocycles. The van der Waals surface area contributed by atoms with Gasteiger partial charge >= 0.3 is 0 Å². The number of carbonyl (C=O) groups is 1. The Morgan fingerprint density at radius 3 is 3.00 bits per heavy atom. The van der Waals surface area contributed by atoms with Crippen LogP contribution in [0.3, 0.4) is 0 Å². The molecule has 5 heteroatoms. The van der Waals surface area contributed by atoms with Crippen molar-refractivity contribution in [3.05, 3.63) is 18.2 Å². The molecule has 1 saturated heterocycles. The van der Waals surface area contributed by atoms with E-state index in [0.29, 0.717) is 25.2 Å². The maximum Gasteiger partial charge on any atom is 0.272 e. The van der Waals surface area contributed by atoms with Gasteiger partial charge in [-0.05, 0) is 6.42 Å². The first kappa shape index (κ1) is 9.21. The number of imidazole rings is 1. The van der Waals surface area contributed by atoms with Gasteiger partial charge < -0.3 is 14.6 Å². The topological polar surface area (TPSA) is 58.4 Å². The Bertz CT molecular complexity index is 348. The second-order valence-corrected chi connectivity index (χ2v) is 3.58. The molecule has 0 unspecified atom stereocenters. The van der Waals surface area contributed by atoms with E-state index in [1.807, 2.05) is 0 Å². The number of hydrogen-bond acceptors (Lipinski definition) is 3. The molecule has 1 atom stereocenters. The standard InChI is InChI=1S/C9H13N3O2/c1-11-6-10-4-8(11)9(14)12-3-2-7(13)5-12/h4,6-7,13H,2-3,5H2,1H3/t7-/m0/s1. The molecule has 2 heterocycles. The highest BCUT2D eigenvalue weighted by molar-refractivity contribution is 5.92. The lowest BCUT2D eigenvalue weighted by atomic mass is 10.3. The Balaban J connectivity index is 2.13. The number of likely N-dealkylation sites (tertiary alicyclic amines) is 1. The fourth-order valence-corrected chi connectivity index (χ4v) is 1.65. The van der Waals surface area contributed by atoms with Gasteiger partial charge in [-0.15, -0.1) is 0 Å². The van der Waals surface area contributed by atoms with Crippen molar-refractivity contribution < 1.29 is 9.90 Å². The summed E-state index contributed by atoms with van der Waals surface area (Å²) < 4.78 is 1.69. The van der Waals surface area contributed by atoms with E-state index in [1.54, 1.807) is 29.0 Å². The van der Waals surface area contributed by atoms with Crippen LogP contribution in [0.25, 0.3) is 0 Å². The number of β-amino-alcohol motifs (C(OH)–C–C–N with tert-alkyl or cyclic N) is 1. The molecule has 2 rings (SSSR count). The maximum atomic E-state index is 11.8. The summed E-state index contributed by atoms with van der Waals surface area (Å²) >= 11 is 0. The van der Waals surface area contributed by atoms with Gasteiger partial charge in [-0.3, -0.25) is 4.79 Å². The monoisotopic (exact) mass is 195 g/mol. The van der Waals surface area contributed by atoms with Crippen molar-refractivity contribution in [2.75, 3.05) is 13.1 Å². The zero-order valence-electron chi connectivity index (χ0n) is 8.05. The highest BCUT2D eigenvalue weighted by Gasteiger charge is 2.26. The highest BCUT2D eigenvalue weighted by Crippen LogP contribution is 2.12. The summed E-state index contributed by atoms with van der Waals surface area (Å²) in [5, 5.41) is 9.30. The van der Waals surface area contributed by atoms with Crippen LogP contribution in [0.1, 0.15) is 16.9 Å². The highest BCUT2D eigenvalue weighted by atomic mass is 16.3. The van der Waals surface area contributed by atoms with E-state index in [4.69, 9.17) is 0 Å². The van der Waals surface area contributed by atoms with Gasteiger partial charge in [0.05, 0.1) is 18.6 Å². The minimum Gasteiger partial charge on any atom is -0.391 e. The Labute approximate surface area is 82.0 Å². The largest absolute Gasteiger partial charge is 0.391 e. The lowest BCUT2D eigenvalue weighted by molar-refractivity contribution is 0.0755. The minimum atomic E-state index is -0.368. The van der Waals surface area contributed by atoms with Crippen LogP contribution in [0.15, 0.2) is 12.5 Å². The third-order valence-electron chi connectivity index (χ3n) is 2.49. The van der Waals surface area contributed by atoms with E-state index in [1.165, 1.54) is 0 Å². The summed E-state index contributed by atoms with van der Waals surface area (Å²) in [5.74, 6) is -0.0541. The predicted molar refractivity (Wildman–Crippen MR) is 49.7 cm³/mol. The molecule has 0 aliphatic carbocycles. The molecule has 1 N–H and O–H groups in total. The molecular formula is C9H13N3O2. The second-order valence-electron chi connectivity index (χ2n) is 3.58. The Kier molecular flexibility index (Phi) is 2.25. The van der Waals surface area contributed by atoms with Crippen molar-refractivity contribution in [2.24, 2.45) is 7.05 Å². The first-order valence-electron chi connectivity index (χ1n) is 4.62. The maximum absolute atomic E-state index is 11.8. The van der Waals surface area contributed by atoms with E-state index in [2.05, 4.69) is 4.98 Å². The van der Waals surface area contributed by atoms with E-state index < -0.39 is 0 Å². The molecule has 14 heavy (non-hydrogen) atoms. The summed E-state index contributed by atoms with van der Waals surface area (Å²) in [4.78, 5) is 17.4. The lowest BCUT2D eigenvalue weighted by Gasteiger charge is -2.15. The lowest BCUT2D eigenvalue weighted by Crippen LogP contribution is -2.30. The third-order valence-corrected chi connectivity index (χ3v) is 2.49. The van der Waals surface area contributed by atoms with Crippen molar-refractivity contribution in [1.29, 1.82) is 0 Å². The Morgan fingerprint density at radius 2 is 2.50 bits per heavy atom. The van der Waals surface area contributed by atoms with Gasteiger partial charge in [0.1, 0.15) is 5.69 Å². The molecule has 0 saturated carbocycles. The van der Waals surface area contributed by atoms with Gasteiger partial charge in [0.2, 0.25) is 0 Å². The van der Waals surface area contributed by atoms with Crippen molar-refractivity contribution in [1.82, 2.24) is 14.5 Å². The molecule has 0 spiro atoms. The zero-order chi connectivity index (χ0) is 10.1. The summed E-state index contributed by atoms with van der Waals surface area (Å²) in [7, 11) is 1.78. The fraction of sp³-hybridized carbons (Fsp3) is 0.556. The molecule has 76 valence electrons. The SMILES string of the molecule is Cn1cncc1C(=O)N1CC[C@H](O)C1. The van der Waals surface area contributed by atoms with Gasteiger partial charge in [-0.25, -0.2) is 4.98 Å². The molecule has 1 fully saturated rings. The number of aliphatic hydroxyl groups is 1. The van der Waals surface area contributed by atoms with E-state index in [9.17, 15) is 9.90 Å². The molecular weight excluding hydrogens is 182 g/mol. The first-order valence-corrected chi connectivity index (χ1v) is 4.62. The van der Waals surface area contributed by atoms with Gasteiger partial charge in [0.15, 0.2) is 0 Å². The van der Waals surface area contributed by atoms with Crippen molar-refractivity contribution in [3.63, 3.8) is 0 Å². The molecule has 0 bridgehead atoms. The quantitative estimate of drug-likeness (QED) is 0.665. The van der Waals surface area contributed by atoms with Gasteiger partial charge in [-0.2, -0.15) is 0 Å². The van der Waals surface area contributed by atoms with Crippen LogP contribution >= 0.6 is 0 Å². The van der Waals surface area contributed by atoms with Crippen LogP contribution in [0.4, 0.5) is 0 Å². The number of rotatable bonds is 1. The molecule has 1 amide bonds. The van der Waals surface area contributed by atoms with Crippen LogP contribution < -0.4 is 0 Å². The second kappa shape index (κ2) is 3.42. The number of carbonyl (C=O) groups excluding carboxylic acids is 1. The fourth-order valence-electron chi connectivity index (χ4n) is 1.65. The molecule has 5 nitrogen and oxygen atoms in total. The van der Waals surface area contributed by atoms with Gasteiger partial charge in [0.25, 0.3) is 5.91 Å². The van der Waals surface area contributed by atoms with E-state index in [-0.39, 0.29) is 12.0 Å². The summed E-state index contributed by atoms with van der Waals surface area (Å²) in [5.41, 5.74) is 0.569. The van der Waals surface area contributed by atoms with Crippen molar-refractivity contribution in [3.8, 4) is 0 Å². The average molecular weight is 195 g/mol. The molecule has 1 aliphatic rings. The summed E-state index contributed by atoms with van der Waals surface area (Å²) in [6.45, 7) is 1.06. The molecule has 1 aromatic heterocycles. The van der Waals surface area contributed by atoms with Crippen LogP contribution in [0, 0.1) is 0 Å². The van der Waals surface area contributed by atoms with Crippen LogP contribution in [-0.4, -0.2) is 44.7 Å². The first-order chi connectivity index (χ1) is 6.68. The zero-order valence-corrected chi connectivity index (χ0v) is 8.05. The summed E-state index contributed by atoms with van der Waals surface area (Å²) in [6.07, 6.45) is 3.45. The van der Waals surface area contributed by atoms with E-state index in [0.717, 1.165) is 0 Å². The van der Waals surface area contributed by atoms with Gasteiger partial charge in [0, 0.05) is 20.1 Å². The van der Waals surface area contributed by atoms with Gasteiger partial charge in [-0.1, -0.05) is 0 Å².